The van der Waals surface area contributed by atoms with Gasteiger partial charge in [-0.3, -0.25) is 4.18 Å². The molecule has 0 N–H and O–H groups in total. The lowest BCUT2D eigenvalue weighted by Crippen LogP contribution is -2.58. The van der Waals surface area contributed by atoms with Crippen LogP contribution in [-0.2, 0) is 23.8 Å². The van der Waals surface area contributed by atoms with Gasteiger partial charge in [0, 0.05) is 6.61 Å². The number of hydrogen-bond donors (Lipinski definition) is 0. The highest BCUT2D eigenvalue weighted by molar-refractivity contribution is 7.86. The summed E-state index contributed by atoms with van der Waals surface area (Å²) in [5.41, 5.74) is 0.295. The molecule has 1 unspecified atom stereocenters. The van der Waals surface area contributed by atoms with Crippen LogP contribution < -0.4 is 0 Å². The van der Waals surface area contributed by atoms with E-state index in [0.29, 0.717) is 23.9 Å². The van der Waals surface area contributed by atoms with Gasteiger partial charge in [-0.05, 0) is 61.7 Å². The first-order valence-corrected chi connectivity index (χ1v) is 10.7. The maximum absolute atomic E-state index is 11.6. The van der Waals surface area contributed by atoms with Crippen molar-refractivity contribution >= 4 is 10.1 Å². The van der Waals surface area contributed by atoms with E-state index in [0.717, 1.165) is 45.0 Å². The Bertz CT molecular complexity index is 509. The van der Waals surface area contributed by atoms with Crippen molar-refractivity contribution in [3.8, 4) is 0 Å². The van der Waals surface area contributed by atoms with Gasteiger partial charge in [0.05, 0.1) is 19.0 Å². The van der Waals surface area contributed by atoms with E-state index < -0.39 is 10.1 Å². The zero-order chi connectivity index (χ0) is 16.7. The molecule has 3 aliphatic carbocycles. The molecule has 0 radical (unpaired) electrons. The minimum Gasteiger partial charge on any atom is -0.353 e. The highest BCUT2D eigenvalue weighted by Crippen LogP contribution is 2.62. The molecule has 134 valence electrons. The van der Waals surface area contributed by atoms with E-state index in [-0.39, 0.29) is 18.3 Å². The molecule has 2 bridgehead atoms. The zero-order valence-electron chi connectivity index (χ0n) is 14.5. The lowest BCUT2D eigenvalue weighted by molar-refractivity contribution is -0.183. The molecular formula is C17H30O5S. The molecular weight excluding hydrogens is 316 g/mol. The van der Waals surface area contributed by atoms with Crippen LogP contribution in [0.3, 0.4) is 0 Å². The first kappa shape index (κ1) is 17.6. The number of rotatable bonds is 6. The molecule has 4 rings (SSSR count). The summed E-state index contributed by atoms with van der Waals surface area (Å²) in [5.74, 6) is 1.37. The van der Waals surface area contributed by atoms with Crippen LogP contribution in [-0.4, -0.2) is 40.3 Å². The lowest BCUT2D eigenvalue weighted by Gasteiger charge is -2.62. The van der Waals surface area contributed by atoms with Gasteiger partial charge in [0.15, 0.2) is 6.29 Å². The minimum absolute atomic E-state index is 0.0798. The van der Waals surface area contributed by atoms with Crippen molar-refractivity contribution in [1.29, 1.82) is 0 Å². The average molecular weight is 346 g/mol. The smallest absolute Gasteiger partial charge is 0.264 e. The Labute approximate surface area is 140 Å². The summed E-state index contributed by atoms with van der Waals surface area (Å²) in [5, 5.41) is 0. The highest BCUT2D eigenvalue weighted by atomic mass is 32.2. The molecule has 0 aromatic heterocycles. The standard InChI is InChI=1S/C17H30O5S/c1-17(2)12-10-14(17)13(15(11-12)22-23(3,18)19)7-9-21-16-6-4-5-8-20-16/h12-16H,4-11H2,1-3H3/t12-,13-,14+,15-,16?/m1/s1. The maximum atomic E-state index is 11.6. The summed E-state index contributed by atoms with van der Waals surface area (Å²) < 4.78 is 40.0. The van der Waals surface area contributed by atoms with Crippen LogP contribution in [0.4, 0.5) is 0 Å². The van der Waals surface area contributed by atoms with E-state index in [9.17, 15) is 8.42 Å². The monoisotopic (exact) mass is 346 g/mol. The number of hydrogen-bond acceptors (Lipinski definition) is 5. The quantitative estimate of drug-likeness (QED) is 0.692. The molecule has 4 fully saturated rings. The van der Waals surface area contributed by atoms with Crippen molar-refractivity contribution in [3.63, 3.8) is 0 Å². The Morgan fingerprint density at radius 1 is 1.22 bits per heavy atom. The topological polar surface area (TPSA) is 61.8 Å². The Kier molecular flexibility index (Phi) is 5.08. The van der Waals surface area contributed by atoms with Crippen molar-refractivity contribution < 1.29 is 22.1 Å². The molecule has 1 saturated heterocycles. The SMILES string of the molecule is CC1(C)[C@H]2C[C@@H](OS(C)(=O)=O)[C@H](CCOC3CCCCO3)[C@@H]1C2. The molecule has 0 aromatic rings. The van der Waals surface area contributed by atoms with Crippen molar-refractivity contribution in [2.45, 2.75) is 64.8 Å². The fraction of sp³-hybridized carbons (Fsp3) is 1.00. The molecule has 5 nitrogen and oxygen atoms in total. The van der Waals surface area contributed by atoms with E-state index >= 15 is 0 Å². The summed E-state index contributed by atoms with van der Waals surface area (Å²) in [6, 6.07) is 0. The molecule has 0 aromatic carbocycles. The van der Waals surface area contributed by atoms with E-state index in [1.807, 2.05) is 0 Å². The Morgan fingerprint density at radius 2 is 2.00 bits per heavy atom. The highest BCUT2D eigenvalue weighted by Gasteiger charge is 2.58. The first-order chi connectivity index (χ1) is 10.8. The predicted molar refractivity (Wildman–Crippen MR) is 87.4 cm³/mol. The fourth-order valence-corrected chi connectivity index (χ4v) is 5.47. The van der Waals surface area contributed by atoms with E-state index in [1.54, 1.807) is 0 Å². The van der Waals surface area contributed by atoms with Crippen molar-refractivity contribution in [2.24, 2.45) is 23.2 Å². The molecule has 0 amide bonds. The Morgan fingerprint density at radius 3 is 2.61 bits per heavy atom. The van der Waals surface area contributed by atoms with Gasteiger partial charge in [-0.15, -0.1) is 0 Å². The van der Waals surface area contributed by atoms with Crippen molar-refractivity contribution in [1.82, 2.24) is 0 Å². The van der Waals surface area contributed by atoms with Crippen LogP contribution in [0, 0.1) is 23.2 Å². The first-order valence-electron chi connectivity index (χ1n) is 8.89. The second-order valence-electron chi connectivity index (χ2n) is 8.05. The largest absolute Gasteiger partial charge is 0.353 e. The summed E-state index contributed by atoms with van der Waals surface area (Å²) in [6.07, 6.45) is 7.02. The second-order valence-corrected chi connectivity index (χ2v) is 9.66. The molecule has 5 atom stereocenters. The van der Waals surface area contributed by atoms with Gasteiger partial charge in [-0.2, -0.15) is 8.42 Å². The van der Waals surface area contributed by atoms with Gasteiger partial charge >= 0.3 is 0 Å². The Balaban J connectivity index is 1.58. The average Bonchev–Trinajstić information content (AvgIpc) is 2.47. The fourth-order valence-electron chi connectivity index (χ4n) is 4.80. The van der Waals surface area contributed by atoms with Gasteiger partial charge in [-0.25, -0.2) is 0 Å². The maximum Gasteiger partial charge on any atom is 0.264 e. The van der Waals surface area contributed by atoms with E-state index in [2.05, 4.69) is 13.8 Å². The van der Waals surface area contributed by atoms with Gasteiger partial charge in [-0.1, -0.05) is 13.8 Å². The van der Waals surface area contributed by atoms with Crippen LogP contribution in [0.15, 0.2) is 0 Å². The third-order valence-corrected chi connectivity index (χ3v) is 6.85. The van der Waals surface area contributed by atoms with Crippen molar-refractivity contribution in [2.75, 3.05) is 19.5 Å². The lowest BCUT2D eigenvalue weighted by atomic mass is 9.44. The molecule has 23 heavy (non-hydrogen) atoms. The third kappa shape index (κ3) is 3.91. The Hall–Kier alpha value is -0.170. The van der Waals surface area contributed by atoms with Crippen LogP contribution in [0.25, 0.3) is 0 Å². The third-order valence-electron chi connectivity index (χ3n) is 6.25. The molecule has 1 heterocycles. The number of ether oxygens (including phenoxy) is 2. The molecule has 4 aliphatic rings. The van der Waals surface area contributed by atoms with Crippen LogP contribution in [0.2, 0.25) is 0 Å². The van der Waals surface area contributed by atoms with Crippen LogP contribution in [0.5, 0.6) is 0 Å². The van der Waals surface area contributed by atoms with E-state index in [1.165, 1.54) is 6.42 Å². The summed E-state index contributed by atoms with van der Waals surface area (Å²) in [4.78, 5) is 0. The van der Waals surface area contributed by atoms with Gasteiger partial charge in [0.25, 0.3) is 10.1 Å². The summed E-state index contributed by atoms with van der Waals surface area (Å²) in [6.45, 7) is 6.02. The minimum atomic E-state index is -3.41. The van der Waals surface area contributed by atoms with Crippen LogP contribution >= 0.6 is 0 Å². The van der Waals surface area contributed by atoms with Gasteiger partial charge in [0.1, 0.15) is 0 Å². The predicted octanol–water partition coefficient (Wildman–Crippen LogP) is 2.95. The normalized spacial score (nSPS) is 39.7. The van der Waals surface area contributed by atoms with Gasteiger partial charge in [0.2, 0.25) is 0 Å². The molecule has 6 heteroatoms. The molecule has 1 aliphatic heterocycles. The van der Waals surface area contributed by atoms with Crippen LogP contribution in [0.1, 0.15) is 52.4 Å². The second kappa shape index (κ2) is 6.62. The number of fused-ring (bicyclic) bond motifs is 2. The van der Waals surface area contributed by atoms with Crippen molar-refractivity contribution in [3.05, 3.63) is 0 Å². The van der Waals surface area contributed by atoms with Gasteiger partial charge < -0.3 is 9.47 Å². The summed E-state index contributed by atoms with van der Waals surface area (Å²) >= 11 is 0. The zero-order valence-corrected chi connectivity index (χ0v) is 15.3. The molecule has 3 saturated carbocycles. The van der Waals surface area contributed by atoms with E-state index in [4.69, 9.17) is 13.7 Å². The molecule has 0 spiro atoms. The summed E-state index contributed by atoms with van der Waals surface area (Å²) in [7, 11) is -3.41.